The summed E-state index contributed by atoms with van der Waals surface area (Å²) in [6.45, 7) is 1.16. The van der Waals surface area contributed by atoms with Gasteiger partial charge in [-0.25, -0.2) is 4.79 Å². The lowest BCUT2D eigenvalue weighted by Crippen LogP contribution is -2.45. The summed E-state index contributed by atoms with van der Waals surface area (Å²) >= 11 is 0. The molecule has 1 N–H and O–H groups in total. The molecule has 0 spiro atoms. The number of benzene rings is 1. The highest BCUT2D eigenvalue weighted by Crippen LogP contribution is 2.36. The van der Waals surface area contributed by atoms with E-state index in [1.165, 1.54) is 35.6 Å². The minimum atomic E-state index is -0.901. The molecule has 94 valence electrons. The normalized spacial score (nSPS) is 20.7. The van der Waals surface area contributed by atoms with E-state index in [9.17, 15) is 4.79 Å². The maximum atomic E-state index is 10.7. The summed E-state index contributed by atoms with van der Waals surface area (Å²) in [5, 5.41) is 8.77. The van der Waals surface area contributed by atoms with Crippen molar-refractivity contribution >= 4 is 5.97 Å². The molecule has 1 aromatic rings. The number of carboxylic acid groups (broad SMARTS) is 1. The van der Waals surface area contributed by atoms with E-state index in [0.717, 1.165) is 6.42 Å². The molecule has 0 bridgehead atoms. The fourth-order valence-electron chi connectivity index (χ4n) is 2.79. The smallest absolute Gasteiger partial charge is 0.328 e. The highest BCUT2D eigenvalue weighted by atomic mass is 16.5. The highest BCUT2D eigenvalue weighted by Gasteiger charge is 2.38. The van der Waals surface area contributed by atoms with Crippen molar-refractivity contribution in [2.45, 2.75) is 24.7 Å². The molecule has 3 rings (SSSR count). The zero-order chi connectivity index (χ0) is 12.6. The van der Waals surface area contributed by atoms with Crippen molar-refractivity contribution < 1.29 is 14.6 Å². The Bertz CT molecular complexity index is 512. The Balaban J connectivity index is 1.94. The first-order valence-electron chi connectivity index (χ1n) is 6.32. The van der Waals surface area contributed by atoms with Crippen LogP contribution in [0.3, 0.4) is 0 Å². The molecule has 0 amide bonds. The van der Waals surface area contributed by atoms with Crippen LogP contribution in [0.2, 0.25) is 0 Å². The van der Waals surface area contributed by atoms with Crippen molar-refractivity contribution in [1.82, 2.24) is 0 Å². The average Bonchev–Trinajstić information content (AvgIpc) is 2.74. The summed E-state index contributed by atoms with van der Waals surface area (Å²) < 4.78 is 5.30. The van der Waals surface area contributed by atoms with Gasteiger partial charge >= 0.3 is 5.97 Å². The summed E-state index contributed by atoms with van der Waals surface area (Å²) in [7, 11) is 0. The van der Waals surface area contributed by atoms with Crippen LogP contribution in [0.1, 0.15) is 23.1 Å². The molecule has 0 radical (unpaired) electrons. The van der Waals surface area contributed by atoms with E-state index in [-0.39, 0.29) is 5.41 Å². The van der Waals surface area contributed by atoms with Crippen molar-refractivity contribution in [3.8, 4) is 0 Å². The molecule has 2 aliphatic rings. The molecule has 1 aliphatic carbocycles. The van der Waals surface area contributed by atoms with E-state index in [2.05, 4.69) is 18.2 Å². The van der Waals surface area contributed by atoms with Crippen LogP contribution in [0.25, 0.3) is 0 Å². The summed E-state index contributed by atoms with van der Waals surface area (Å²) in [6, 6.07) is 6.54. The lowest BCUT2D eigenvalue weighted by Gasteiger charge is -2.39. The van der Waals surface area contributed by atoms with Crippen LogP contribution >= 0.6 is 0 Å². The van der Waals surface area contributed by atoms with Gasteiger partial charge in [-0.15, -0.1) is 0 Å². The predicted molar refractivity (Wildman–Crippen MR) is 67.7 cm³/mol. The van der Waals surface area contributed by atoms with Gasteiger partial charge in [-0.1, -0.05) is 24.3 Å². The molecule has 0 atom stereocenters. The Labute approximate surface area is 106 Å². The molecule has 18 heavy (non-hydrogen) atoms. The SMILES string of the molecule is O=C(O)/C=C/C1(c2ccc3c(c2)CCC3)COC1. The first-order valence-corrected chi connectivity index (χ1v) is 6.32. The van der Waals surface area contributed by atoms with E-state index >= 15 is 0 Å². The Morgan fingerprint density at radius 2 is 2.06 bits per heavy atom. The van der Waals surface area contributed by atoms with Gasteiger partial charge in [0.25, 0.3) is 0 Å². The zero-order valence-electron chi connectivity index (χ0n) is 10.2. The summed E-state index contributed by atoms with van der Waals surface area (Å²) in [4.78, 5) is 10.7. The number of fused-ring (bicyclic) bond motifs is 1. The third kappa shape index (κ3) is 1.85. The number of carbonyl (C=O) groups is 1. The molecular formula is C15H16O3. The molecule has 3 nitrogen and oxygen atoms in total. The summed E-state index contributed by atoms with van der Waals surface area (Å²) in [5.41, 5.74) is 3.82. The van der Waals surface area contributed by atoms with Crippen molar-refractivity contribution in [3.63, 3.8) is 0 Å². The van der Waals surface area contributed by atoms with Crippen LogP contribution in [-0.4, -0.2) is 24.3 Å². The van der Waals surface area contributed by atoms with Gasteiger partial charge < -0.3 is 9.84 Å². The molecule has 1 aromatic carbocycles. The summed E-state index contributed by atoms with van der Waals surface area (Å²) in [6.07, 6.45) is 6.55. The fourth-order valence-corrected chi connectivity index (χ4v) is 2.79. The molecular weight excluding hydrogens is 228 g/mol. The van der Waals surface area contributed by atoms with Crippen LogP contribution in [0, 0.1) is 0 Å². The second kappa shape index (κ2) is 4.25. The first-order chi connectivity index (χ1) is 8.70. The minimum absolute atomic E-state index is 0.226. The lowest BCUT2D eigenvalue weighted by atomic mass is 9.77. The largest absolute Gasteiger partial charge is 0.478 e. The monoisotopic (exact) mass is 244 g/mol. The van der Waals surface area contributed by atoms with Gasteiger partial charge in [0.05, 0.1) is 18.6 Å². The number of aliphatic carboxylic acids is 1. The van der Waals surface area contributed by atoms with E-state index in [4.69, 9.17) is 9.84 Å². The van der Waals surface area contributed by atoms with Gasteiger partial charge in [0.2, 0.25) is 0 Å². The van der Waals surface area contributed by atoms with Gasteiger partial charge in [-0.2, -0.15) is 0 Å². The van der Waals surface area contributed by atoms with Crippen LogP contribution in [0.15, 0.2) is 30.4 Å². The van der Waals surface area contributed by atoms with Gasteiger partial charge in [0.15, 0.2) is 0 Å². The van der Waals surface area contributed by atoms with Crippen LogP contribution in [0.5, 0.6) is 0 Å². The van der Waals surface area contributed by atoms with Gasteiger partial charge in [-0.05, 0) is 36.0 Å². The maximum Gasteiger partial charge on any atom is 0.328 e. The third-order valence-electron chi connectivity index (χ3n) is 3.94. The quantitative estimate of drug-likeness (QED) is 0.828. The first kappa shape index (κ1) is 11.5. The predicted octanol–water partition coefficient (Wildman–Crippen LogP) is 2.08. The molecule has 0 saturated carbocycles. The van der Waals surface area contributed by atoms with Gasteiger partial charge in [-0.3, -0.25) is 0 Å². The van der Waals surface area contributed by atoms with E-state index in [1.807, 2.05) is 0 Å². The van der Waals surface area contributed by atoms with Crippen LogP contribution < -0.4 is 0 Å². The van der Waals surface area contributed by atoms with Crippen molar-refractivity contribution in [2.75, 3.05) is 13.2 Å². The number of rotatable bonds is 3. The molecule has 3 heteroatoms. The minimum Gasteiger partial charge on any atom is -0.478 e. The second-order valence-corrected chi connectivity index (χ2v) is 5.16. The number of ether oxygens (including phenoxy) is 1. The number of hydrogen-bond donors (Lipinski definition) is 1. The number of aryl methyl sites for hydroxylation is 2. The fraction of sp³-hybridized carbons (Fsp3) is 0.400. The standard InChI is InChI=1S/C15H16O3/c16-14(17)6-7-15(9-18-10-15)13-5-4-11-2-1-3-12(11)8-13/h4-8H,1-3,9-10H2,(H,16,17)/b7-6+. The zero-order valence-corrected chi connectivity index (χ0v) is 10.2. The average molecular weight is 244 g/mol. The highest BCUT2D eigenvalue weighted by molar-refractivity contribution is 5.80. The molecule has 0 aromatic heterocycles. The van der Waals surface area contributed by atoms with Crippen LogP contribution in [0.4, 0.5) is 0 Å². The number of hydrogen-bond acceptors (Lipinski definition) is 2. The van der Waals surface area contributed by atoms with Gasteiger partial charge in [0.1, 0.15) is 0 Å². The van der Waals surface area contributed by atoms with Crippen molar-refractivity contribution in [1.29, 1.82) is 0 Å². The van der Waals surface area contributed by atoms with Crippen molar-refractivity contribution in [2.24, 2.45) is 0 Å². The second-order valence-electron chi connectivity index (χ2n) is 5.16. The van der Waals surface area contributed by atoms with E-state index < -0.39 is 5.97 Å². The molecule has 1 aliphatic heterocycles. The Kier molecular flexibility index (Phi) is 2.71. The maximum absolute atomic E-state index is 10.7. The molecule has 1 heterocycles. The Morgan fingerprint density at radius 1 is 1.28 bits per heavy atom. The molecule has 0 unspecified atom stereocenters. The van der Waals surface area contributed by atoms with Crippen molar-refractivity contribution in [3.05, 3.63) is 47.0 Å². The Hall–Kier alpha value is -1.61. The molecule has 1 fully saturated rings. The van der Waals surface area contributed by atoms with Gasteiger partial charge in [0, 0.05) is 6.08 Å². The molecule has 1 saturated heterocycles. The van der Waals surface area contributed by atoms with E-state index in [1.54, 1.807) is 6.08 Å². The topological polar surface area (TPSA) is 46.5 Å². The lowest BCUT2D eigenvalue weighted by molar-refractivity contribution is -0.131. The summed E-state index contributed by atoms with van der Waals surface area (Å²) in [5.74, 6) is -0.901. The Morgan fingerprint density at radius 3 is 2.72 bits per heavy atom. The number of carboxylic acids is 1. The van der Waals surface area contributed by atoms with E-state index in [0.29, 0.717) is 13.2 Å². The third-order valence-corrected chi connectivity index (χ3v) is 3.94. The van der Waals surface area contributed by atoms with Crippen LogP contribution in [-0.2, 0) is 27.8 Å².